The van der Waals surface area contributed by atoms with Crippen LogP contribution >= 0.6 is 12.4 Å². The minimum atomic E-state index is -0.198. The van der Waals surface area contributed by atoms with Gasteiger partial charge in [0.2, 0.25) is 5.91 Å². The molecule has 1 fully saturated rings. The molecular formula is C16H21ClN4O2. The molecule has 1 aliphatic heterocycles. The maximum atomic E-state index is 12.4. The van der Waals surface area contributed by atoms with Gasteiger partial charge in [-0.3, -0.25) is 14.2 Å². The number of nitrogens with one attached hydrogen (secondary N) is 2. The van der Waals surface area contributed by atoms with Gasteiger partial charge in [-0.1, -0.05) is 12.1 Å². The zero-order valence-corrected chi connectivity index (χ0v) is 13.9. The van der Waals surface area contributed by atoms with Crippen LogP contribution < -0.4 is 16.2 Å². The smallest absolute Gasteiger partial charge is 0.261 e. The second-order valence-electron chi connectivity index (χ2n) is 6.05. The molecule has 2 heterocycles. The predicted molar refractivity (Wildman–Crippen MR) is 91.9 cm³/mol. The van der Waals surface area contributed by atoms with Crippen LogP contribution in [0.25, 0.3) is 10.9 Å². The molecule has 0 unspecified atom stereocenters. The summed E-state index contributed by atoms with van der Waals surface area (Å²) in [7, 11) is 0. The number of piperidine rings is 1. The van der Waals surface area contributed by atoms with Gasteiger partial charge in [0.05, 0.1) is 17.2 Å². The lowest BCUT2D eigenvalue weighted by Gasteiger charge is -2.35. The van der Waals surface area contributed by atoms with E-state index in [4.69, 9.17) is 0 Å². The van der Waals surface area contributed by atoms with Crippen molar-refractivity contribution in [2.45, 2.75) is 31.8 Å². The van der Waals surface area contributed by atoms with Crippen molar-refractivity contribution >= 4 is 29.2 Å². The average molecular weight is 337 g/mol. The normalized spacial score (nSPS) is 16.6. The standard InChI is InChI=1S/C16H20N4O2.ClH/c1-16(6-8-17-9-7-16)19-14(21)10-20-11-18-13-5-3-2-4-12(13)15(20)22;/h2-5,11,17H,6-10H2,1H3,(H,19,21);1H. The molecule has 1 aromatic heterocycles. The highest BCUT2D eigenvalue weighted by atomic mass is 35.5. The summed E-state index contributed by atoms with van der Waals surface area (Å²) < 4.78 is 1.36. The highest BCUT2D eigenvalue weighted by molar-refractivity contribution is 5.85. The summed E-state index contributed by atoms with van der Waals surface area (Å²) in [5, 5.41) is 6.86. The SMILES string of the molecule is CC1(NC(=O)Cn2cnc3ccccc3c2=O)CCNCC1.Cl. The summed E-state index contributed by atoms with van der Waals surface area (Å²) in [6.45, 7) is 3.84. The number of hydrogen-bond donors (Lipinski definition) is 2. The third-order valence-corrected chi connectivity index (χ3v) is 4.19. The molecule has 3 rings (SSSR count). The van der Waals surface area contributed by atoms with Gasteiger partial charge in [-0.15, -0.1) is 12.4 Å². The third-order valence-electron chi connectivity index (χ3n) is 4.19. The summed E-state index contributed by atoms with van der Waals surface area (Å²) in [6.07, 6.45) is 3.22. The quantitative estimate of drug-likeness (QED) is 0.879. The minimum absolute atomic E-state index is 0. The number of carbonyl (C=O) groups excluding carboxylic acids is 1. The number of amides is 1. The van der Waals surface area contributed by atoms with E-state index < -0.39 is 0 Å². The Bertz CT molecular complexity index is 753. The number of fused-ring (bicyclic) bond motifs is 1. The van der Waals surface area contributed by atoms with E-state index in [0.29, 0.717) is 10.9 Å². The second kappa shape index (κ2) is 7.10. The average Bonchev–Trinajstić information content (AvgIpc) is 2.50. The van der Waals surface area contributed by atoms with Gasteiger partial charge < -0.3 is 10.6 Å². The van der Waals surface area contributed by atoms with E-state index in [2.05, 4.69) is 15.6 Å². The summed E-state index contributed by atoms with van der Waals surface area (Å²) in [5.41, 5.74) is 0.265. The molecule has 0 aliphatic carbocycles. The Morgan fingerprint density at radius 3 is 2.78 bits per heavy atom. The molecule has 2 aromatic rings. The van der Waals surface area contributed by atoms with E-state index in [9.17, 15) is 9.59 Å². The van der Waals surface area contributed by atoms with Crippen LogP contribution in [0.3, 0.4) is 0 Å². The first kappa shape index (κ1) is 17.4. The maximum absolute atomic E-state index is 12.4. The number of benzene rings is 1. The summed E-state index contributed by atoms with van der Waals surface area (Å²) in [4.78, 5) is 28.9. The van der Waals surface area contributed by atoms with Crippen LogP contribution in [0.15, 0.2) is 35.4 Å². The zero-order valence-electron chi connectivity index (χ0n) is 13.0. The number of hydrogen-bond acceptors (Lipinski definition) is 4. The molecule has 0 bridgehead atoms. The van der Waals surface area contributed by atoms with Gasteiger partial charge in [0, 0.05) is 5.54 Å². The third kappa shape index (κ3) is 3.89. The molecule has 0 spiro atoms. The topological polar surface area (TPSA) is 76.0 Å². The summed E-state index contributed by atoms with van der Waals surface area (Å²) in [6, 6.07) is 7.15. The second-order valence-corrected chi connectivity index (χ2v) is 6.05. The minimum Gasteiger partial charge on any atom is -0.349 e. The molecule has 7 heteroatoms. The highest BCUT2D eigenvalue weighted by Gasteiger charge is 2.28. The first-order valence-corrected chi connectivity index (χ1v) is 7.53. The molecule has 23 heavy (non-hydrogen) atoms. The fourth-order valence-electron chi connectivity index (χ4n) is 2.85. The Balaban J connectivity index is 0.00000192. The number of para-hydroxylation sites is 1. The van der Waals surface area contributed by atoms with Crippen molar-refractivity contribution in [2.75, 3.05) is 13.1 Å². The van der Waals surface area contributed by atoms with Crippen LogP contribution in [0.2, 0.25) is 0 Å². The lowest BCUT2D eigenvalue weighted by molar-refractivity contribution is -0.123. The summed E-state index contributed by atoms with van der Waals surface area (Å²) >= 11 is 0. The van der Waals surface area contributed by atoms with Gasteiger partial charge in [0.25, 0.3) is 5.56 Å². The molecule has 1 aromatic carbocycles. The zero-order chi connectivity index (χ0) is 15.6. The van der Waals surface area contributed by atoms with Crippen LogP contribution in [0, 0.1) is 0 Å². The number of rotatable bonds is 3. The van der Waals surface area contributed by atoms with Crippen LogP contribution in [-0.2, 0) is 11.3 Å². The lowest BCUT2D eigenvalue weighted by atomic mass is 9.90. The van der Waals surface area contributed by atoms with E-state index in [0.717, 1.165) is 25.9 Å². The van der Waals surface area contributed by atoms with Gasteiger partial charge in [-0.25, -0.2) is 4.98 Å². The van der Waals surface area contributed by atoms with Crippen molar-refractivity contribution in [3.05, 3.63) is 40.9 Å². The van der Waals surface area contributed by atoms with E-state index in [1.807, 2.05) is 13.0 Å². The van der Waals surface area contributed by atoms with Crippen molar-refractivity contribution < 1.29 is 4.79 Å². The fraction of sp³-hybridized carbons (Fsp3) is 0.438. The van der Waals surface area contributed by atoms with Crippen molar-refractivity contribution in [3.8, 4) is 0 Å². The van der Waals surface area contributed by atoms with Crippen LogP contribution in [0.4, 0.5) is 0 Å². The van der Waals surface area contributed by atoms with Crippen molar-refractivity contribution in [1.29, 1.82) is 0 Å². The molecule has 1 saturated heterocycles. The molecule has 0 saturated carbocycles. The predicted octanol–water partition coefficient (Wildman–Crippen LogP) is 1.08. The Kier molecular flexibility index (Phi) is 5.38. The Labute approximate surface area is 140 Å². The first-order valence-electron chi connectivity index (χ1n) is 7.53. The van der Waals surface area contributed by atoms with E-state index in [1.165, 1.54) is 10.9 Å². The number of carbonyl (C=O) groups is 1. The van der Waals surface area contributed by atoms with Crippen molar-refractivity contribution in [3.63, 3.8) is 0 Å². The number of aromatic nitrogens is 2. The Morgan fingerprint density at radius 2 is 2.04 bits per heavy atom. The molecule has 1 aliphatic rings. The van der Waals surface area contributed by atoms with E-state index in [1.54, 1.807) is 18.2 Å². The largest absolute Gasteiger partial charge is 0.349 e. The molecule has 0 radical (unpaired) electrons. The van der Waals surface area contributed by atoms with E-state index in [-0.39, 0.29) is 36.0 Å². The van der Waals surface area contributed by atoms with Crippen molar-refractivity contribution in [1.82, 2.24) is 20.2 Å². The van der Waals surface area contributed by atoms with Gasteiger partial charge in [-0.05, 0) is 45.0 Å². The first-order chi connectivity index (χ1) is 10.6. The van der Waals surface area contributed by atoms with Gasteiger partial charge >= 0.3 is 0 Å². The summed E-state index contributed by atoms with van der Waals surface area (Å²) in [5.74, 6) is -0.149. The Morgan fingerprint density at radius 1 is 1.35 bits per heavy atom. The molecular weight excluding hydrogens is 316 g/mol. The number of halogens is 1. The van der Waals surface area contributed by atoms with Gasteiger partial charge in [0.1, 0.15) is 6.54 Å². The molecule has 0 atom stereocenters. The van der Waals surface area contributed by atoms with E-state index >= 15 is 0 Å². The lowest BCUT2D eigenvalue weighted by Crippen LogP contribution is -2.53. The fourth-order valence-corrected chi connectivity index (χ4v) is 2.85. The monoisotopic (exact) mass is 336 g/mol. The van der Waals surface area contributed by atoms with Crippen molar-refractivity contribution in [2.24, 2.45) is 0 Å². The van der Waals surface area contributed by atoms with Crippen LogP contribution in [0.1, 0.15) is 19.8 Å². The molecule has 2 N–H and O–H groups in total. The molecule has 1 amide bonds. The highest BCUT2D eigenvalue weighted by Crippen LogP contribution is 2.16. The number of nitrogens with zero attached hydrogens (tertiary/aromatic N) is 2. The van der Waals surface area contributed by atoms with Crippen LogP contribution in [0.5, 0.6) is 0 Å². The Hall–Kier alpha value is -1.92. The van der Waals surface area contributed by atoms with Gasteiger partial charge in [-0.2, -0.15) is 0 Å². The van der Waals surface area contributed by atoms with Gasteiger partial charge in [0.15, 0.2) is 0 Å². The maximum Gasteiger partial charge on any atom is 0.261 e. The molecule has 6 nitrogen and oxygen atoms in total. The van der Waals surface area contributed by atoms with Crippen LogP contribution in [-0.4, -0.2) is 34.1 Å². The molecule has 124 valence electrons.